The predicted octanol–water partition coefficient (Wildman–Crippen LogP) is 4.06. The predicted molar refractivity (Wildman–Crippen MR) is 121 cm³/mol. The van der Waals surface area contributed by atoms with Crippen molar-refractivity contribution in [1.82, 2.24) is 4.98 Å². The third-order valence-electron chi connectivity index (χ3n) is 5.28. The summed E-state index contributed by atoms with van der Waals surface area (Å²) < 4.78 is 16.5. The van der Waals surface area contributed by atoms with Crippen molar-refractivity contribution >= 4 is 23.7 Å². The Balaban J connectivity index is 1.46. The van der Waals surface area contributed by atoms with Gasteiger partial charge in [0, 0.05) is 43.5 Å². The van der Waals surface area contributed by atoms with Crippen LogP contribution in [0.5, 0.6) is 11.5 Å². The van der Waals surface area contributed by atoms with Gasteiger partial charge in [0.05, 0.1) is 14.2 Å². The summed E-state index contributed by atoms with van der Waals surface area (Å²) in [5.74, 6) is 2.53. The molecule has 2 heterocycles. The van der Waals surface area contributed by atoms with Crippen molar-refractivity contribution in [2.24, 2.45) is 0 Å². The van der Waals surface area contributed by atoms with Crippen LogP contribution < -0.4 is 19.3 Å². The van der Waals surface area contributed by atoms with E-state index in [9.17, 15) is 5.26 Å². The molecule has 0 N–H and O–H groups in total. The fraction of sp³-hybridized carbons (Fsp3) is 0.250. The van der Waals surface area contributed by atoms with Crippen LogP contribution >= 0.6 is 0 Å². The van der Waals surface area contributed by atoms with Crippen molar-refractivity contribution in [1.29, 1.82) is 5.26 Å². The zero-order valence-electron chi connectivity index (χ0n) is 17.6. The first-order chi connectivity index (χ1) is 15.2. The van der Waals surface area contributed by atoms with E-state index in [0.717, 1.165) is 48.9 Å². The minimum absolute atomic E-state index is 0.303. The molecule has 7 heteroatoms. The van der Waals surface area contributed by atoms with Gasteiger partial charge in [-0.15, -0.1) is 0 Å². The third kappa shape index (κ3) is 4.48. The Hall–Kier alpha value is -3.92. The van der Waals surface area contributed by atoms with Gasteiger partial charge in [-0.3, -0.25) is 0 Å². The number of piperazine rings is 1. The Kier molecular flexibility index (Phi) is 6.08. The maximum Gasteiger partial charge on any atom is 0.235 e. The Bertz CT molecular complexity index is 1090. The fourth-order valence-electron chi connectivity index (χ4n) is 3.61. The van der Waals surface area contributed by atoms with Crippen molar-refractivity contribution in [2.75, 3.05) is 50.2 Å². The highest BCUT2D eigenvalue weighted by atomic mass is 16.5. The topological polar surface area (TPSA) is 74.8 Å². The van der Waals surface area contributed by atoms with Crippen molar-refractivity contribution in [2.45, 2.75) is 0 Å². The van der Waals surface area contributed by atoms with Crippen molar-refractivity contribution < 1.29 is 13.9 Å². The van der Waals surface area contributed by atoms with Crippen LogP contribution in [0, 0.1) is 11.3 Å². The highest BCUT2D eigenvalue weighted by Crippen LogP contribution is 2.27. The number of rotatable bonds is 6. The van der Waals surface area contributed by atoms with E-state index in [0.29, 0.717) is 17.5 Å². The van der Waals surface area contributed by atoms with Crippen LogP contribution in [-0.2, 0) is 0 Å². The minimum atomic E-state index is 0.303. The van der Waals surface area contributed by atoms with Gasteiger partial charge in [0.2, 0.25) is 17.5 Å². The first-order valence-corrected chi connectivity index (χ1v) is 10.1. The van der Waals surface area contributed by atoms with Gasteiger partial charge in [0.1, 0.15) is 17.6 Å². The third-order valence-corrected chi connectivity index (χ3v) is 5.28. The summed E-state index contributed by atoms with van der Waals surface area (Å²) in [5, 5.41) is 9.54. The molecule has 1 saturated heterocycles. The molecule has 0 unspecified atom stereocenters. The van der Waals surface area contributed by atoms with Crippen molar-refractivity contribution in [3.05, 3.63) is 65.7 Å². The first kappa shape index (κ1) is 20.4. The molecule has 0 bridgehead atoms. The first-order valence-electron chi connectivity index (χ1n) is 10.1. The lowest BCUT2D eigenvalue weighted by Gasteiger charge is -2.35. The van der Waals surface area contributed by atoms with Crippen LogP contribution in [0.3, 0.4) is 0 Å². The number of methoxy groups -OCH3 is 2. The molecule has 1 aliphatic heterocycles. The molecule has 158 valence electrons. The number of anilines is 2. The fourth-order valence-corrected chi connectivity index (χ4v) is 3.61. The Labute approximate surface area is 181 Å². The SMILES string of the molecule is COc1ccc(N2CCN(c3oc(C=Cc4ccccc4OC)nc3C#N)CC2)cc1. The smallest absolute Gasteiger partial charge is 0.235 e. The highest BCUT2D eigenvalue weighted by molar-refractivity contribution is 5.70. The number of hydrogen-bond donors (Lipinski definition) is 0. The second kappa shape index (κ2) is 9.26. The summed E-state index contributed by atoms with van der Waals surface area (Å²) in [6.07, 6.45) is 3.63. The van der Waals surface area contributed by atoms with Gasteiger partial charge < -0.3 is 23.7 Å². The largest absolute Gasteiger partial charge is 0.497 e. The monoisotopic (exact) mass is 416 g/mol. The molecule has 31 heavy (non-hydrogen) atoms. The average molecular weight is 416 g/mol. The van der Waals surface area contributed by atoms with Gasteiger partial charge in [-0.05, 0) is 36.4 Å². The number of ether oxygens (including phenoxy) is 2. The zero-order chi connectivity index (χ0) is 21.6. The van der Waals surface area contributed by atoms with Gasteiger partial charge in [-0.2, -0.15) is 10.2 Å². The summed E-state index contributed by atoms with van der Waals surface area (Å²) in [6, 6.07) is 17.9. The molecular weight excluding hydrogens is 392 g/mol. The van der Waals surface area contributed by atoms with Crippen LogP contribution in [0.25, 0.3) is 12.2 Å². The normalized spacial score (nSPS) is 14.0. The van der Waals surface area contributed by atoms with Gasteiger partial charge in [0.25, 0.3) is 0 Å². The van der Waals surface area contributed by atoms with Gasteiger partial charge >= 0.3 is 0 Å². The van der Waals surface area contributed by atoms with Gasteiger partial charge in [0.15, 0.2) is 0 Å². The standard InChI is InChI=1S/C24H24N4O3/c1-29-20-10-8-19(9-11-20)27-13-15-28(16-14-27)24-21(17-25)26-23(31-24)12-7-18-5-3-4-6-22(18)30-2/h3-12H,13-16H2,1-2H3. The van der Waals surface area contributed by atoms with Gasteiger partial charge in [-0.25, -0.2) is 0 Å². The molecule has 0 amide bonds. The zero-order valence-corrected chi connectivity index (χ0v) is 17.6. The molecule has 1 aromatic heterocycles. The molecule has 3 aromatic rings. The molecule has 0 atom stereocenters. The second-order valence-electron chi connectivity index (χ2n) is 7.07. The number of nitriles is 1. The van der Waals surface area contributed by atoms with Crippen molar-refractivity contribution in [3.8, 4) is 17.6 Å². The molecule has 7 nitrogen and oxygen atoms in total. The van der Waals surface area contributed by atoms with Crippen LogP contribution in [0.15, 0.2) is 52.9 Å². The number of nitrogens with zero attached hydrogens (tertiary/aromatic N) is 4. The second-order valence-corrected chi connectivity index (χ2v) is 7.07. The lowest BCUT2D eigenvalue weighted by molar-refractivity contribution is 0.414. The molecule has 4 rings (SSSR count). The summed E-state index contributed by atoms with van der Waals surface area (Å²) >= 11 is 0. The minimum Gasteiger partial charge on any atom is -0.497 e. The van der Waals surface area contributed by atoms with E-state index in [1.54, 1.807) is 20.3 Å². The summed E-state index contributed by atoms with van der Waals surface area (Å²) in [5.41, 5.74) is 2.37. The highest BCUT2D eigenvalue weighted by Gasteiger charge is 2.24. The van der Waals surface area contributed by atoms with E-state index >= 15 is 0 Å². The lowest BCUT2D eigenvalue weighted by atomic mass is 10.2. The van der Waals surface area contributed by atoms with E-state index in [-0.39, 0.29) is 0 Å². The molecular formula is C24H24N4O3. The molecule has 1 fully saturated rings. The number of para-hydroxylation sites is 1. The molecule has 0 aliphatic carbocycles. The van der Waals surface area contributed by atoms with E-state index in [1.807, 2.05) is 42.5 Å². The molecule has 0 spiro atoms. The Morgan fingerprint density at radius 2 is 1.65 bits per heavy atom. The summed E-state index contributed by atoms with van der Waals surface area (Å²) in [6.45, 7) is 3.13. The summed E-state index contributed by atoms with van der Waals surface area (Å²) in [7, 11) is 3.30. The molecule has 0 radical (unpaired) electrons. The van der Waals surface area contributed by atoms with Gasteiger partial charge in [-0.1, -0.05) is 18.2 Å². The molecule has 2 aromatic carbocycles. The quantitative estimate of drug-likeness (QED) is 0.600. The van der Waals surface area contributed by atoms with Crippen molar-refractivity contribution in [3.63, 3.8) is 0 Å². The van der Waals surface area contributed by atoms with E-state index in [2.05, 4.69) is 33.0 Å². The van der Waals surface area contributed by atoms with E-state index < -0.39 is 0 Å². The Morgan fingerprint density at radius 3 is 2.32 bits per heavy atom. The van der Waals surface area contributed by atoms with Crippen LogP contribution in [0.2, 0.25) is 0 Å². The summed E-state index contributed by atoms with van der Waals surface area (Å²) in [4.78, 5) is 8.73. The van der Waals surface area contributed by atoms with Crippen LogP contribution in [0.4, 0.5) is 11.6 Å². The van der Waals surface area contributed by atoms with Crippen LogP contribution in [0.1, 0.15) is 17.1 Å². The number of hydrogen-bond acceptors (Lipinski definition) is 7. The average Bonchev–Trinajstić information content (AvgIpc) is 3.26. The maximum atomic E-state index is 9.54. The maximum absolute atomic E-state index is 9.54. The molecule has 0 saturated carbocycles. The van der Waals surface area contributed by atoms with E-state index in [1.165, 1.54) is 0 Å². The number of benzene rings is 2. The van der Waals surface area contributed by atoms with Crippen LogP contribution in [-0.4, -0.2) is 45.4 Å². The number of aromatic nitrogens is 1. The molecule has 1 aliphatic rings. The van der Waals surface area contributed by atoms with E-state index in [4.69, 9.17) is 13.9 Å². The lowest BCUT2D eigenvalue weighted by Crippen LogP contribution is -2.46. The number of oxazole rings is 1. The Morgan fingerprint density at radius 1 is 0.935 bits per heavy atom.